The van der Waals surface area contributed by atoms with E-state index in [0.717, 1.165) is 45.4 Å². The summed E-state index contributed by atoms with van der Waals surface area (Å²) >= 11 is 0. The number of carbonyl (C=O) groups is 2. The minimum Gasteiger partial charge on any atom is -0.380 e. The molecular formula is C19H27N3O3. The molecule has 0 radical (unpaired) electrons. The van der Waals surface area contributed by atoms with E-state index in [4.69, 9.17) is 4.74 Å². The number of anilines is 1. The zero-order valence-corrected chi connectivity index (χ0v) is 15.0. The van der Waals surface area contributed by atoms with Crippen molar-refractivity contribution in [1.29, 1.82) is 0 Å². The smallest absolute Gasteiger partial charge is 0.253 e. The minimum atomic E-state index is -0.112. The van der Waals surface area contributed by atoms with Gasteiger partial charge in [-0.15, -0.1) is 0 Å². The summed E-state index contributed by atoms with van der Waals surface area (Å²) in [6, 6.07) is 7.67. The van der Waals surface area contributed by atoms with Gasteiger partial charge in [0.05, 0.1) is 6.10 Å². The van der Waals surface area contributed by atoms with Crippen molar-refractivity contribution in [3.05, 3.63) is 29.8 Å². The Balaban J connectivity index is 1.52. The highest BCUT2D eigenvalue weighted by atomic mass is 16.5. The van der Waals surface area contributed by atoms with Gasteiger partial charge in [-0.2, -0.15) is 0 Å². The lowest BCUT2D eigenvalue weighted by atomic mass is 10.0. The molecule has 1 unspecified atom stereocenters. The normalized spacial score (nSPS) is 22.2. The molecule has 0 aliphatic carbocycles. The third-order valence-corrected chi connectivity index (χ3v) is 5.23. The van der Waals surface area contributed by atoms with E-state index in [1.54, 1.807) is 31.4 Å². The number of rotatable bonds is 4. The fourth-order valence-corrected chi connectivity index (χ4v) is 3.79. The predicted molar refractivity (Wildman–Crippen MR) is 96.7 cm³/mol. The topological polar surface area (TPSA) is 61.9 Å². The van der Waals surface area contributed by atoms with Gasteiger partial charge in [-0.1, -0.05) is 0 Å². The fraction of sp³-hybridized carbons (Fsp3) is 0.579. The van der Waals surface area contributed by atoms with E-state index >= 15 is 0 Å². The van der Waals surface area contributed by atoms with Crippen LogP contribution in [-0.2, 0) is 9.53 Å². The van der Waals surface area contributed by atoms with Crippen molar-refractivity contribution in [2.75, 3.05) is 38.6 Å². The van der Waals surface area contributed by atoms with Gasteiger partial charge in [0.25, 0.3) is 5.91 Å². The number of carbonyl (C=O) groups excluding carboxylic acids is 2. The summed E-state index contributed by atoms with van der Waals surface area (Å²) in [6.07, 6.45) is 3.51. The Hall–Kier alpha value is -1.92. The Morgan fingerprint density at radius 2 is 1.76 bits per heavy atom. The lowest BCUT2D eigenvalue weighted by Crippen LogP contribution is -2.46. The number of hydrogen-bond donors (Lipinski definition) is 1. The molecule has 2 aliphatic heterocycles. The maximum Gasteiger partial charge on any atom is 0.253 e. The maximum atomic E-state index is 12.7. The standard InChI is InChI=1S/C19H27N3O3/c1-14(23)20-16-5-3-15(4-6-16)19(24)21-10-7-17(8-11-21)22-12-9-18(13-22)25-2/h3-6,17-18H,7-13H2,1-2H3,(H,20,23). The SMILES string of the molecule is COC1CCN(C2CCN(C(=O)c3ccc(NC(C)=O)cc3)CC2)C1. The van der Waals surface area contributed by atoms with Crippen LogP contribution in [0.5, 0.6) is 0 Å². The molecule has 6 nitrogen and oxygen atoms in total. The van der Waals surface area contributed by atoms with Gasteiger partial charge < -0.3 is 15.0 Å². The van der Waals surface area contributed by atoms with Crippen LogP contribution in [0.2, 0.25) is 0 Å². The van der Waals surface area contributed by atoms with Crippen LogP contribution in [0.15, 0.2) is 24.3 Å². The van der Waals surface area contributed by atoms with Crippen molar-refractivity contribution in [2.45, 2.75) is 38.3 Å². The van der Waals surface area contributed by atoms with Crippen molar-refractivity contribution in [1.82, 2.24) is 9.80 Å². The lowest BCUT2D eigenvalue weighted by Gasteiger charge is -2.36. The number of amides is 2. The Morgan fingerprint density at radius 1 is 1.08 bits per heavy atom. The molecule has 1 aromatic rings. The van der Waals surface area contributed by atoms with E-state index < -0.39 is 0 Å². The summed E-state index contributed by atoms with van der Waals surface area (Å²) in [4.78, 5) is 28.2. The first-order valence-electron chi connectivity index (χ1n) is 9.00. The second-order valence-corrected chi connectivity index (χ2v) is 6.92. The van der Waals surface area contributed by atoms with Gasteiger partial charge >= 0.3 is 0 Å². The summed E-state index contributed by atoms with van der Waals surface area (Å²) in [5.74, 6) is -0.0391. The third-order valence-electron chi connectivity index (χ3n) is 5.23. The molecule has 1 aromatic carbocycles. The molecule has 0 saturated carbocycles. The first-order valence-corrected chi connectivity index (χ1v) is 9.00. The lowest BCUT2D eigenvalue weighted by molar-refractivity contribution is -0.114. The van der Waals surface area contributed by atoms with Crippen LogP contribution in [0, 0.1) is 0 Å². The summed E-state index contributed by atoms with van der Waals surface area (Å²) in [6.45, 7) is 5.18. The average molecular weight is 345 g/mol. The van der Waals surface area contributed by atoms with Crippen LogP contribution in [-0.4, -0.2) is 67.0 Å². The molecule has 1 atom stereocenters. The maximum absolute atomic E-state index is 12.7. The van der Waals surface area contributed by atoms with Crippen molar-refractivity contribution in [3.63, 3.8) is 0 Å². The molecular weight excluding hydrogens is 318 g/mol. The van der Waals surface area contributed by atoms with Gasteiger partial charge in [-0.3, -0.25) is 14.5 Å². The van der Waals surface area contributed by atoms with Crippen LogP contribution in [0.3, 0.4) is 0 Å². The van der Waals surface area contributed by atoms with E-state index in [1.165, 1.54) is 6.92 Å². The summed E-state index contributed by atoms with van der Waals surface area (Å²) in [5.41, 5.74) is 1.39. The number of nitrogens with one attached hydrogen (secondary N) is 1. The second kappa shape index (κ2) is 7.97. The van der Waals surface area contributed by atoms with E-state index in [1.807, 2.05) is 4.90 Å². The Morgan fingerprint density at radius 3 is 2.32 bits per heavy atom. The summed E-state index contributed by atoms with van der Waals surface area (Å²) in [5, 5.41) is 2.72. The second-order valence-electron chi connectivity index (χ2n) is 6.92. The number of piperidine rings is 1. The molecule has 0 bridgehead atoms. The number of benzene rings is 1. The largest absolute Gasteiger partial charge is 0.380 e. The molecule has 1 N–H and O–H groups in total. The molecule has 2 saturated heterocycles. The van der Waals surface area contributed by atoms with Crippen molar-refractivity contribution in [3.8, 4) is 0 Å². The van der Waals surface area contributed by atoms with Crippen molar-refractivity contribution >= 4 is 17.5 Å². The molecule has 2 fully saturated rings. The van der Waals surface area contributed by atoms with E-state index in [0.29, 0.717) is 23.4 Å². The van der Waals surface area contributed by atoms with Crippen LogP contribution in [0.25, 0.3) is 0 Å². The first kappa shape index (κ1) is 17.9. The Kier molecular flexibility index (Phi) is 5.71. The van der Waals surface area contributed by atoms with Crippen molar-refractivity contribution in [2.24, 2.45) is 0 Å². The number of nitrogens with zero attached hydrogens (tertiary/aromatic N) is 2. The van der Waals surface area contributed by atoms with Gasteiger partial charge in [0.15, 0.2) is 0 Å². The van der Waals surface area contributed by atoms with Crippen LogP contribution < -0.4 is 5.32 Å². The number of ether oxygens (including phenoxy) is 1. The average Bonchev–Trinajstić information content (AvgIpc) is 3.11. The van der Waals surface area contributed by atoms with E-state index in [9.17, 15) is 9.59 Å². The first-order chi connectivity index (χ1) is 12.1. The number of hydrogen-bond acceptors (Lipinski definition) is 4. The molecule has 0 spiro atoms. The predicted octanol–water partition coefficient (Wildman–Crippen LogP) is 1.97. The van der Waals surface area contributed by atoms with Crippen LogP contribution in [0.4, 0.5) is 5.69 Å². The molecule has 3 rings (SSSR count). The molecule has 25 heavy (non-hydrogen) atoms. The molecule has 2 aliphatic rings. The quantitative estimate of drug-likeness (QED) is 0.906. The van der Waals surface area contributed by atoms with Crippen molar-refractivity contribution < 1.29 is 14.3 Å². The van der Waals surface area contributed by atoms with Gasteiger partial charge in [0, 0.05) is 57.5 Å². The third kappa shape index (κ3) is 4.38. The molecule has 2 amide bonds. The van der Waals surface area contributed by atoms with Gasteiger partial charge in [-0.25, -0.2) is 0 Å². The summed E-state index contributed by atoms with van der Waals surface area (Å²) < 4.78 is 5.45. The van der Waals surface area contributed by atoms with Gasteiger partial charge in [-0.05, 0) is 43.5 Å². The van der Waals surface area contributed by atoms with Crippen LogP contribution >= 0.6 is 0 Å². The number of likely N-dealkylation sites (tertiary alicyclic amines) is 2. The monoisotopic (exact) mass is 345 g/mol. The highest BCUT2D eigenvalue weighted by Crippen LogP contribution is 2.23. The molecule has 6 heteroatoms. The zero-order valence-electron chi connectivity index (χ0n) is 15.0. The molecule has 136 valence electrons. The Labute approximate surface area is 149 Å². The van der Waals surface area contributed by atoms with Gasteiger partial charge in [0.2, 0.25) is 5.91 Å². The van der Waals surface area contributed by atoms with Crippen LogP contribution in [0.1, 0.15) is 36.5 Å². The van der Waals surface area contributed by atoms with E-state index in [-0.39, 0.29) is 11.8 Å². The molecule has 2 heterocycles. The highest BCUT2D eigenvalue weighted by molar-refractivity contribution is 5.95. The summed E-state index contributed by atoms with van der Waals surface area (Å²) in [7, 11) is 1.78. The number of methoxy groups -OCH3 is 1. The Bertz CT molecular complexity index is 609. The fourth-order valence-electron chi connectivity index (χ4n) is 3.79. The van der Waals surface area contributed by atoms with E-state index in [2.05, 4.69) is 10.2 Å². The minimum absolute atomic E-state index is 0.0732. The highest BCUT2D eigenvalue weighted by Gasteiger charge is 2.31. The van der Waals surface area contributed by atoms with Gasteiger partial charge in [0.1, 0.15) is 0 Å². The molecule has 0 aromatic heterocycles. The zero-order chi connectivity index (χ0) is 17.8.